The number of nitrogens with one attached hydrogen (secondary N) is 2. The number of carboxylic acids is 1. The summed E-state index contributed by atoms with van der Waals surface area (Å²) in [6, 6.07) is 1.14. The molecule has 0 spiro atoms. The Hall–Kier alpha value is -1.63. The predicted octanol–water partition coefficient (Wildman–Crippen LogP) is -2.66. The molecule has 5 atom stereocenters. The molecule has 0 aromatic carbocycles. The first-order valence-electron chi connectivity index (χ1n) is 6.66. The minimum atomic E-state index is -2.05. The van der Waals surface area contributed by atoms with Gasteiger partial charge in [-0.2, -0.15) is 0 Å². The number of hydrogen-bond acceptors (Lipinski definition) is 8. The Labute approximate surface area is 135 Å². The number of carboxylic acid groups (broad SMARTS) is 1. The largest absolute Gasteiger partial charge is 0.479 e. The standard InChI is InChI=1S/C12H17N3O7S/c1-13-4-12(15-3-2-5(16)14-11(15)23)9(19)6(17)8(22-12)7(18)10(20)21/h2-3,6-9,13,17-19H,4H2,1H3,(H,20,21)(H,14,16,23)/t6-,7?,8+,9-,12-/m1/s1. The highest BCUT2D eigenvalue weighted by molar-refractivity contribution is 7.71. The molecule has 11 heteroatoms. The molecule has 6 N–H and O–H groups in total. The highest BCUT2D eigenvalue weighted by Gasteiger charge is 2.58. The van der Waals surface area contributed by atoms with E-state index in [1.165, 1.54) is 10.8 Å². The van der Waals surface area contributed by atoms with Gasteiger partial charge in [0, 0.05) is 18.8 Å². The zero-order valence-electron chi connectivity index (χ0n) is 12.0. The molecule has 10 nitrogen and oxygen atoms in total. The summed E-state index contributed by atoms with van der Waals surface area (Å²) in [4.78, 5) is 24.6. The Morgan fingerprint density at radius 2 is 2.26 bits per heavy atom. The molecule has 1 saturated heterocycles. The molecule has 1 fully saturated rings. The lowest BCUT2D eigenvalue weighted by Crippen LogP contribution is -2.52. The van der Waals surface area contributed by atoms with Crippen molar-refractivity contribution in [1.29, 1.82) is 0 Å². The fraction of sp³-hybridized carbons (Fsp3) is 0.583. The Morgan fingerprint density at radius 1 is 1.61 bits per heavy atom. The second kappa shape index (κ2) is 6.47. The monoisotopic (exact) mass is 347 g/mol. The molecule has 0 saturated carbocycles. The molecular formula is C12H17N3O7S. The lowest BCUT2D eigenvalue weighted by molar-refractivity contribution is -0.176. The maximum absolute atomic E-state index is 11.3. The van der Waals surface area contributed by atoms with Crippen LogP contribution in [0.5, 0.6) is 0 Å². The Balaban J connectivity index is 2.55. The van der Waals surface area contributed by atoms with E-state index in [2.05, 4.69) is 10.3 Å². The third-order valence-electron chi connectivity index (χ3n) is 3.69. The summed E-state index contributed by atoms with van der Waals surface area (Å²) in [6.45, 7) is -0.0750. The molecule has 1 aromatic rings. The number of hydrogen-bond donors (Lipinski definition) is 6. The first kappa shape index (κ1) is 17.7. The summed E-state index contributed by atoms with van der Waals surface area (Å²) in [7, 11) is 1.54. The number of aliphatic hydroxyl groups excluding tert-OH is 3. The van der Waals surface area contributed by atoms with Gasteiger partial charge in [0.05, 0.1) is 0 Å². The van der Waals surface area contributed by atoms with E-state index in [1.54, 1.807) is 7.05 Å². The number of aromatic amines is 1. The lowest BCUT2D eigenvalue weighted by Gasteiger charge is -2.34. The number of likely N-dealkylation sites (N-methyl/N-ethyl adjacent to an activating group) is 1. The Kier molecular flexibility index (Phi) is 4.98. The third kappa shape index (κ3) is 2.94. The van der Waals surface area contributed by atoms with Crippen molar-refractivity contribution in [2.45, 2.75) is 30.1 Å². The molecule has 2 heterocycles. The molecule has 23 heavy (non-hydrogen) atoms. The lowest BCUT2D eigenvalue weighted by atomic mass is 10.00. The molecule has 2 rings (SSSR count). The van der Waals surface area contributed by atoms with Crippen LogP contribution in [-0.2, 0) is 15.3 Å². The van der Waals surface area contributed by atoms with Gasteiger partial charge in [-0.25, -0.2) is 4.79 Å². The first-order chi connectivity index (χ1) is 10.7. The minimum absolute atomic E-state index is 0.0750. The molecule has 1 aromatic heterocycles. The van der Waals surface area contributed by atoms with Crippen molar-refractivity contribution >= 4 is 18.2 Å². The fourth-order valence-electron chi connectivity index (χ4n) is 2.61. The van der Waals surface area contributed by atoms with Gasteiger partial charge in [0.1, 0.15) is 18.3 Å². The van der Waals surface area contributed by atoms with Gasteiger partial charge in [0.2, 0.25) is 0 Å². The topological polar surface area (TPSA) is 157 Å². The van der Waals surface area contributed by atoms with E-state index in [4.69, 9.17) is 22.1 Å². The number of aliphatic carboxylic acids is 1. The number of ether oxygens (including phenoxy) is 1. The molecule has 1 aliphatic heterocycles. The van der Waals surface area contributed by atoms with Crippen molar-refractivity contribution in [3.63, 3.8) is 0 Å². The number of aliphatic hydroxyl groups is 3. The van der Waals surface area contributed by atoms with Gasteiger partial charge in [-0.15, -0.1) is 0 Å². The second-order valence-electron chi connectivity index (χ2n) is 5.16. The normalized spacial score (nSPS) is 31.9. The van der Waals surface area contributed by atoms with E-state index in [1.807, 2.05) is 0 Å². The third-order valence-corrected chi connectivity index (χ3v) is 3.99. The van der Waals surface area contributed by atoms with Crippen molar-refractivity contribution in [3.8, 4) is 0 Å². The van der Waals surface area contributed by atoms with Crippen molar-refractivity contribution in [2.75, 3.05) is 13.6 Å². The van der Waals surface area contributed by atoms with Crippen LogP contribution in [0.15, 0.2) is 17.1 Å². The van der Waals surface area contributed by atoms with Crippen LogP contribution in [0.25, 0.3) is 0 Å². The minimum Gasteiger partial charge on any atom is -0.479 e. The molecular weight excluding hydrogens is 330 g/mol. The quantitative estimate of drug-likeness (QED) is 0.313. The maximum atomic E-state index is 11.3. The van der Waals surface area contributed by atoms with Crippen LogP contribution in [0.2, 0.25) is 0 Å². The molecule has 0 bridgehead atoms. The predicted molar refractivity (Wildman–Crippen MR) is 78.3 cm³/mol. The SMILES string of the molecule is CNC[C@@]1(n2ccc(=O)[nH]c2=S)O[C@H](C(O)C(=O)O)[C@@H](O)[C@H]1O. The van der Waals surface area contributed by atoms with E-state index in [0.29, 0.717) is 0 Å². The zero-order valence-corrected chi connectivity index (χ0v) is 12.9. The van der Waals surface area contributed by atoms with E-state index < -0.39 is 41.7 Å². The maximum Gasteiger partial charge on any atom is 0.335 e. The van der Waals surface area contributed by atoms with E-state index >= 15 is 0 Å². The molecule has 1 aliphatic rings. The van der Waals surface area contributed by atoms with Gasteiger partial charge in [0.15, 0.2) is 16.6 Å². The number of H-pyrrole nitrogens is 1. The van der Waals surface area contributed by atoms with Crippen molar-refractivity contribution in [1.82, 2.24) is 14.9 Å². The summed E-state index contributed by atoms with van der Waals surface area (Å²) in [6.07, 6.45) is -5.65. The highest BCUT2D eigenvalue weighted by atomic mass is 32.1. The average Bonchev–Trinajstić information content (AvgIpc) is 2.72. The fourth-order valence-corrected chi connectivity index (χ4v) is 2.93. The van der Waals surface area contributed by atoms with Gasteiger partial charge >= 0.3 is 5.97 Å². The number of rotatable bonds is 5. The van der Waals surface area contributed by atoms with Gasteiger partial charge in [0.25, 0.3) is 5.56 Å². The Bertz CT molecular complexity index is 704. The molecule has 0 radical (unpaired) electrons. The van der Waals surface area contributed by atoms with E-state index in [9.17, 15) is 24.9 Å². The molecule has 1 unspecified atom stereocenters. The van der Waals surface area contributed by atoms with Gasteiger partial charge < -0.3 is 30.5 Å². The Morgan fingerprint density at radius 3 is 2.78 bits per heavy atom. The first-order valence-corrected chi connectivity index (χ1v) is 7.07. The van der Waals surface area contributed by atoms with Crippen LogP contribution in [0.3, 0.4) is 0 Å². The second-order valence-corrected chi connectivity index (χ2v) is 5.54. The van der Waals surface area contributed by atoms with Crippen LogP contribution in [0.4, 0.5) is 0 Å². The van der Waals surface area contributed by atoms with Crippen molar-refractivity contribution in [3.05, 3.63) is 27.4 Å². The van der Waals surface area contributed by atoms with Crippen LogP contribution in [-0.4, -0.2) is 74.0 Å². The summed E-state index contributed by atoms with van der Waals surface area (Å²) in [5.74, 6) is -1.61. The van der Waals surface area contributed by atoms with Gasteiger partial charge in [-0.1, -0.05) is 0 Å². The van der Waals surface area contributed by atoms with Gasteiger partial charge in [-0.05, 0) is 19.3 Å². The molecule has 0 amide bonds. The van der Waals surface area contributed by atoms with Crippen LogP contribution in [0.1, 0.15) is 0 Å². The molecule has 0 aliphatic carbocycles. The number of carbonyl (C=O) groups is 1. The van der Waals surface area contributed by atoms with Crippen molar-refractivity contribution < 1.29 is 30.0 Å². The number of aromatic nitrogens is 2. The average molecular weight is 347 g/mol. The van der Waals surface area contributed by atoms with Crippen molar-refractivity contribution in [2.24, 2.45) is 0 Å². The number of nitrogens with zero attached hydrogens (tertiary/aromatic N) is 1. The van der Waals surface area contributed by atoms with E-state index in [0.717, 1.165) is 6.07 Å². The van der Waals surface area contributed by atoms with Crippen LogP contribution >= 0.6 is 12.2 Å². The van der Waals surface area contributed by atoms with Crippen LogP contribution < -0.4 is 10.9 Å². The summed E-state index contributed by atoms with van der Waals surface area (Å²) < 4.78 is 6.63. The van der Waals surface area contributed by atoms with Crippen LogP contribution in [0, 0.1) is 4.77 Å². The molecule has 128 valence electrons. The zero-order chi connectivity index (χ0) is 17.4. The smallest absolute Gasteiger partial charge is 0.335 e. The highest BCUT2D eigenvalue weighted by Crippen LogP contribution is 2.36. The van der Waals surface area contributed by atoms with Gasteiger partial charge in [-0.3, -0.25) is 14.3 Å². The summed E-state index contributed by atoms with van der Waals surface area (Å²) >= 11 is 5.04. The van der Waals surface area contributed by atoms with E-state index in [-0.39, 0.29) is 11.3 Å². The summed E-state index contributed by atoms with van der Waals surface area (Å²) in [5, 5.41) is 41.8. The summed E-state index contributed by atoms with van der Waals surface area (Å²) in [5.41, 5.74) is -2.17.